The van der Waals surface area contributed by atoms with Crippen molar-refractivity contribution in [3.05, 3.63) is 89.0 Å². The number of nitrogens with one attached hydrogen (secondary N) is 1. The van der Waals surface area contributed by atoms with Crippen molar-refractivity contribution in [2.45, 2.75) is 13.1 Å². The van der Waals surface area contributed by atoms with Gasteiger partial charge < -0.3 is 24.6 Å². The van der Waals surface area contributed by atoms with Crippen molar-refractivity contribution >= 4 is 29.9 Å². The second kappa shape index (κ2) is 10.9. The number of hydrogen-bond donors (Lipinski definition) is 1. The maximum atomic E-state index is 13.2. The fourth-order valence-corrected chi connectivity index (χ4v) is 3.85. The first kappa shape index (κ1) is 24.9. The summed E-state index contributed by atoms with van der Waals surface area (Å²) in [6, 6.07) is 20.4. The third kappa shape index (κ3) is 5.43. The van der Waals surface area contributed by atoms with E-state index in [1.54, 1.807) is 31.3 Å². The number of fused-ring (bicyclic) bond motifs is 1. The van der Waals surface area contributed by atoms with Crippen LogP contribution in [0.3, 0.4) is 0 Å². The largest absolute Gasteiger partial charge is 0.497 e. The Labute approximate surface area is 205 Å². The van der Waals surface area contributed by atoms with Gasteiger partial charge in [-0.2, -0.15) is 0 Å². The van der Waals surface area contributed by atoms with Crippen molar-refractivity contribution in [2.24, 2.45) is 0 Å². The van der Waals surface area contributed by atoms with E-state index in [1.807, 2.05) is 66.5 Å². The van der Waals surface area contributed by atoms with Crippen LogP contribution < -0.4 is 19.7 Å². The molecule has 0 radical (unpaired) electrons. The number of halogens is 1. The lowest BCUT2D eigenvalue weighted by molar-refractivity contribution is 0.0731. The minimum atomic E-state index is -0.226. The molecule has 34 heavy (non-hydrogen) atoms. The van der Waals surface area contributed by atoms with E-state index in [-0.39, 0.29) is 24.2 Å². The average molecular weight is 482 g/mol. The number of ether oxygens (including phenoxy) is 2. The highest BCUT2D eigenvalue weighted by molar-refractivity contribution is 6.04. The fraction of sp³-hybridized carbons (Fsp3) is 0.231. The zero-order valence-electron chi connectivity index (χ0n) is 19.4. The van der Waals surface area contributed by atoms with Crippen LogP contribution in [0.15, 0.2) is 66.7 Å². The number of rotatable bonds is 7. The van der Waals surface area contributed by atoms with Crippen LogP contribution in [0.1, 0.15) is 31.8 Å². The second-order valence-corrected chi connectivity index (χ2v) is 7.95. The molecule has 1 aliphatic rings. The molecule has 0 fully saturated rings. The third-order valence-electron chi connectivity index (χ3n) is 5.72. The molecule has 0 aliphatic carbocycles. The van der Waals surface area contributed by atoms with Gasteiger partial charge in [-0.05, 0) is 53.6 Å². The van der Waals surface area contributed by atoms with E-state index < -0.39 is 0 Å². The Hall–Kier alpha value is -3.71. The van der Waals surface area contributed by atoms with Gasteiger partial charge in [0.1, 0.15) is 11.5 Å². The van der Waals surface area contributed by atoms with Crippen LogP contribution in [0.5, 0.6) is 11.5 Å². The Morgan fingerprint density at radius 3 is 2.09 bits per heavy atom. The molecule has 3 aromatic rings. The van der Waals surface area contributed by atoms with Crippen molar-refractivity contribution in [3.8, 4) is 11.5 Å². The molecule has 0 saturated heterocycles. The first-order valence-corrected chi connectivity index (χ1v) is 10.7. The molecule has 3 aromatic carbocycles. The van der Waals surface area contributed by atoms with Crippen LogP contribution in [-0.4, -0.2) is 44.7 Å². The average Bonchev–Trinajstić information content (AvgIpc) is 2.86. The summed E-state index contributed by atoms with van der Waals surface area (Å²) in [5.74, 6) is 1.22. The van der Waals surface area contributed by atoms with Crippen molar-refractivity contribution in [1.29, 1.82) is 0 Å². The summed E-state index contributed by atoms with van der Waals surface area (Å²) < 4.78 is 10.4. The van der Waals surface area contributed by atoms with E-state index in [0.29, 0.717) is 30.9 Å². The van der Waals surface area contributed by atoms with Crippen LogP contribution in [-0.2, 0) is 13.1 Å². The SMILES string of the molecule is COc1ccc(CNC(=O)c2ccc3c(c2)C(=O)N(Cc2ccc(OC)cc2)CN3C)cc1.Cl. The van der Waals surface area contributed by atoms with E-state index in [0.717, 1.165) is 28.3 Å². The van der Waals surface area contributed by atoms with E-state index in [9.17, 15) is 9.59 Å². The summed E-state index contributed by atoms with van der Waals surface area (Å²) in [6.45, 7) is 1.33. The minimum absolute atomic E-state index is 0. The van der Waals surface area contributed by atoms with Gasteiger partial charge in [-0.25, -0.2) is 0 Å². The molecule has 1 aliphatic heterocycles. The van der Waals surface area contributed by atoms with Crippen molar-refractivity contribution < 1.29 is 19.1 Å². The summed E-state index contributed by atoms with van der Waals surface area (Å²) >= 11 is 0. The molecule has 0 unspecified atom stereocenters. The Morgan fingerprint density at radius 2 is 1.50 bits per heavy atom. The number of hydrogen-bond acceptors (Lipinski definition) is 5. The van der Waals surface area contributed by atoms with Crippen LogP contribution in [0, 0.1) is 0 Å². The van der Waals surface area contributed by atoms with Crippen LogP contribution >= 0.6 is 12.4 Å². The number of nitrogens with zero attached hydrogens (tertiary/aromatic N) is 2. The van der Waals surface area contributed by atoms with E-state index in [4.69, 9.17) is 9.47 Å². The van der Waals surface area contributed by atoms with Gasteiger partial charge in [0.25, 0.3) is 11.8 Å². The van der Waals surface area contributed by atoms with Crippen LogP contribution in [0.4, 0.5) is 5.69 Å². The van der Waals surface area contributed by atoms with Crippen LogP contribution in [0.2, 0.25) is 0 Å². The summed E-state index contributed by atoms with van der Waals surface area (Å²) in [6.07, 6.45) is 0. The molecule has 0 atom stereocenters. The lowest BCUT2D eigenvalue weighted by atomic mass is 10.0. The Balaban J connectivity index is 0.00000324. The van der Waals surface area contributed by atoms with Gasteiger partial charge in [-0.15, -0.1) is 12.4 Å². The molecule has 2 amide bonds. The van der Waals surface area contributed by atoms with Gasteiger partial charge in [0, 0.05) is 25.7 Å². The molecule has 0 saturated carbocycles. The Kier molecular flexibility index (Phi) is 8.02. The predicted molar refractivity (Wildman–Crippen MR) is 134 cm³/mol. The van der Waals surface area contributed by atoms with Crippen molar-refractivity contribution in [3.63, 3.8) is 0 Å². The van der Waals surface area contributed by atoms with E-state index in [1.165, 1.54) is 0 Å². The normalized spacial score (nSPS) is 12.5. The summed E-state index contributed by atoms with van der Waals surface area (Å²) in [5.41, 5.74) is 3.76. The first-order valence-electron chi connectivity index (χ1n) is 10.7. The van der Waals surface area contributed by atoms with E-state index >= 15 is 0 Å². The molecular weight excluding hydrogens is 454 g/mol. The van der Waals surface area contributed by atoms with Crippen LogP contribution in [0.25, 0.3) is 0 Å². The first-order chi connectivity index (χ1) is 16.0. The lowest BCUT2D eigenvalue weighted by Crippen LogP contribution is -2.44. The number of amides is 2. The highest BCUT2D eigenvalue weighted by atomic mass is 35.5. The number of benzene rings is 3. The van der Waals surface area contributed by atoms with Crippen molar-refractivity contribution in [1.82, 2.24) is 10.2 Å². The molecule has 0 aromatic heterocycles. The number of carbonyl (C=O) groups is 2. The number of anilines is 1. The lowest BCUT2D eigenvalue weighted by Gasteiger charge is -2.36. The molecule has 1 heterocycles. The zero-order valence-corrected chi connectivity index (χ0v) is 20.2. The highest BCUT2D eigenvalue weighted by Gasteiger charge is 2.28. The molecule has 178 valence electrons. The molecule has 1 N–H and O–H groups in total. The predicted octanol–water partition coefficient (Wildman–Crippen LogP) is 4.11. The van der Waals surface area contributed by atoms with Gasteiger partial charge in [-0.3, -0.25) is 9.59 Å². The van der Waals surface area contributed by atoms with Crippen molar-refractivity contribution in [2.75, 3.05) is 32.8 Å². The standard InChI is InChI=1S/C26H27N3O4.ClH/c1-28-17-29(16-19-6-11-22(33-3)12-7-19)26(31)23-14-20(8-13-24(23)28)25(30)27-15-18-4-9-21(32-2)10-5-18;/h4-14H,15-17H2,1-3H3,(H,27,30);1H. The maximum Gasteiger partial charge on any atom is 0.257 e. The number of carbonyl (C=O) groups excluding carboxylic acids is 2. The Bertz CT molecular complexity index is 1150. The quantitative estimate of drug-likeness (QED) is 0.550. The van der Waals surface area contributed by atoms with E-state index in [2.05, 4.69) is 5.32 Å². The maximum absolute atomic E-state index is 13.2. The minimum Gasteiger partial charge on any atom is -0.497 e. The second-order valence-electron chi connectivity index (χ2n) is 7.95. The topological polar surface area (TPSA) is 71.1 Å². The summed E-state index contributed by atoms with van der Waals surface area (Å²) in [7, 11) is 5.18. The monoisotopic (exact) mass is 481 g/mol. The summed E-state index contributed by atoms with van der Waals surface area (Å²) in [5, 5.41) is 2.92. The molecule has 0 bridgehead atoms. The molecule has 7 nitrogen and oxygen atoms in total. The van der Waals surface area contributed by atoms with Gasteiger partial charge >= 0.3 is 0 Å². The van der Waals surface area contributed by atoms with Gasteiger partial charge in [0.15, 0.2) is 0 Å². The molecule has 8 heteroatoms. The third-order valence-corrected chi connectivity index (χ3v) is 5.72. The fourth-order valence-electron chi connectivity index (χ4n) is 3.85. The molecule has 0 spiro atoms. The molecular formula is C26H28ClN3O4. The summed E-state index contributed by atoms with van der Waals surface area (Å²) in [4.78, 5) is 29.8. The highest BCUT2D eigenvalue weighted by Crippen LogP contribution is 2.28. The Morgan fingerprint density at radius 1 is 0.912 bits per heavy atom. The number of methoxy groups -OCH3 is 2. The zero-order chi connectivity index (χ0) is 23.4. The van der Waals surface area contributed by atoms with Gasteiger partial charge in [0.05, 0.1) is 32.1 Å². The van der Waals surface area contributed by atoms with Gasteiger partial charge in [0.2, 0.25) is 0 Å². The van der Waals surface area contributed by atoms with Gasteiger partial charge in [-0.1, -0.05) is 24.3 Å². The smallest absolute Gasteiger partial charge is 0.257 e. The molecule has 4 rings (SSSR count).